The van der Waals surface area contributed by atoms with E-state index in [-0.39, 0.29) is 0 Å². The van der Waals surface area contributed by atoms with Crippen molar-refractivity contribution in [1.82, 2.24) is 10.3 Å². The third-order valence-corrected chi connectivity index (χ3v) is 3.61. The molecule has 0 fully saturated rings. The summed E-state index contributed by atoms with van der Waals surface area (Å²) in [5.74, 6) is 1.53. The van der Waals surface area contributed by atoms with Crippen LogP contribution >= 0.6 is 0 Å². The minimum Gasteiger partial charge on any atom is -0.496 e. The SMILES string of the molecule is COc1cc(N/C(=N/c2ccc(C)cc2)NC#N)ccc1-c1cnco1. The number of hydrogen-bond acceptors (Lipinski definition) is 5. The van der Waals surface area contributed by atoms with Gasteiger partial charge in [-0.3, -0.25) is 5.32 Å². The number of oxazole rings is 1. The van der Waals surface area contributed by atoms with E-state index in [4.69, 9.17) is 14.4 Å². The maximum Gasteiger partial charge on any atom is 0.214 e. The molecule has 0 amide bonds. The highest BCUT2D eigenvalue weighted by Gasteiger charge is 2.11. The zero-order valence-electron chi connectivity index (χ0n) is 14.4. The zero-order valence-corrected chi connectivity index (χ0v) is 14.4. The van der Waals surface area contributed by atoms with E-state index < -0.39 is 0 Å². The van der Waals surface area contributed by atoms with Gasteiger partial charge in [0.25, 0.3) is 0 Å². The molecule has 2 N–H and O–H groups in total. The van der Waals surface area contributed by atoms with Gasteiger partial charge < -0.3 is 14.5 Å². The molecule has 26 heavy (non-hydrogen) atoms. The molecule has 0 saturated carbocycles. The van der Waals surface area contributed by atoms with Crippen LogP contribution in [0.25, 0.3) is 11.3 Å². The Morgan fingerprint density at radius 2 is 2.04 bits per heavy atom. The maximum atomic E-state index is 8.98. The van der Waals surface area contributed by atoms with Crippen molar-refractivity contribution in [2.24, 2.45) is 4.99 Å². The number of nitrogens with one attached hydrogen (secondary N) is 2. The lowest BCUT2D eigenvalue weighted by atomic mass is 10.1. The Morgan fingerprint density at radius 3 is 2.69 bits per heavy atom. The van der Waals surface area contributed by atoms with Crippen LogP contribution in [-0.2, 0) is 0 Å². The Labute approximate surface area is 151 Å². The minimum absolute atomic E-state index is 0.311. The molecule has 0 unspecified atom stereocenters. The van der Waals surface area contributed by atoms with Gasteiger partial charge in [0.05, 0.1) is 24.6 Å². The molecule has 3 rings (SSSR count). The van der Waals surface area contributed by atoms with Crippen molar-refractivity contribution in [2.45, 2.75) is 6.92 Å². The van der Waals surface area contributed by atoms with E-state index in [1.807, 2.05) is 49.5 Å². The second-order valence-electron chi connectivity index (χ2n) is 5.44. The van der Waals surface area contributed by atoms with E-state index in [9.17, 15) is 0 Å². The standard InChI is InChI=1S/C19H17N5O2/c1-13-3-5-14(6-4-13)23-19(22-11-20)24-15-7-8-16(17(9-15)25-2)18-10-21-12-26-18/h3-10,12H,1-2H3,(H2,22,23,24). The Kier molecular flexibility index (Phi) is 5.15. The number of methoxy groups -OCH3 is 1. The molecule has 0 aliphatic carbocycles. The van der Waals surface area contributed by atoms with Gasteiger partial charge in [0.2, 0.25) is 5.96 Å². The van der Waals surface area contributed by atoms with Crippen molar-refractivity contribution in [3.63, 3.8) is 0 Å². The van der Waals surface area contributed by atoms with Crippen LogP contribution in [-0.4, -0.2) is 18.1 Å². The number of hydrogen-bond donors (Lipinski definition) is 2. The van der Waals surface area contributed by atoms with E-state index in [1.54, 1.807) is 19.4 Å². The molecular formula is C19H17N5O2. The number of guanidine groups is 1. The zero-order chi connectivity index (χ0) is 18.4. The molecule has 7 heteroatoms. The van der Waals surface area contributed by atoms with Crippen molar-refractivity contribution in [2.75, 3.05) is 12.4 Å². The number of aliphatic imine (C=N–C) groups is 1. The summed E-state index contributed by atoms with van der Waals surface area (Å²) < 4.78 is 10.7. The lowest BCUT2D eigenvalue weighted by Crippen LogP contribution is -2.26. The molecule has 0 saturated heterocycles. The summed E-state index contributed by atoms with van der Waals surface area (Å²) in [5.41, 5.74) is 3.35. The second-order valence-corrected chi connectivity index (χ2v) is 5.44. The van der Waals surface area contributed by atoms with Crippen LogP contribution in [0.15, 0.2) is 64.5 Å². The van der Waals surface area contributed by atoms with Crippen molar-refractivity contribution in [3.05, 3.63) is 60.6 Å². The molecule has 1 aromatic heterocycles. The Balaban J connectivity index is 1.87. The van der Waals surface area contributed by atoms with Crippen LogP contribution in [0.4, 0.5) is 11.4 Å². The van der Waals surface area contributed by atoms with Crippen LogP contribution < -0.4 is 15.4 Å². The first-order valence-corrected chi connectivity index (χ1v) is 7.84. The average molecular weight is 347 g/mol. The van der Waals surface area contributed by atoms with Gasteiger partial charge in [-0.1, -0.05) is 17.7 Å². The largest absolute Gasteiger partial charge is 0.496 e. The third kappa shape index (κ3) is 3.99. The van der Waals surface area contributed by atoms with Crippen LogP contribution in [0.2, 0.25) is 0 Å². The van der Waals surface area contributed by atoms with E-state index in [1.165, 1.54) is 6.39 Å². The maximum absolute atomic E-state index is 8.98. The van der Waals surface area contributed by atoms with Crippen molar-refractivity contribution >= 4 is 17.3 Å². The molecule has 0 atom stereocenters. The van der Waals surface area contributed by atoms with Crippen molar-refractivity contribution in [3.8, 4) is 23.3 Å². The summed E-state index contributed by atoms with van der Waals surface area (Å²) >= 11 is 0. The smallest absolute Gasteiger partial charge is 0.214 e. The highest BCUT2D eigenvalue weighted by molar-refractivity contribution is 5.96. The Hall–Kier alpha value is -3.79. The van der Waals surface area contributed by atoms with Gasteiger partial charge in [0.1, 0.15) is 5.75 Å². The monoisotopic (exact) mass is 347 g/mol. The second kappa shape index (κ2) is 7.85. The third-order valence-electron chi connectivity index (χ3n) is 3.61. The summed E-state index contributed by atoms with van der Waals surface area (Å²) in [5, 5.41) is 14.6. The molecule has 0 bridgehead atoms. The molecule has 3 aromatic rings. The molecule has 7 nitrogen and oxygen atoms in total. The summed E-state index contributed by atoms with van der Waals surface area (Å²) in [7, 11) is 1.58. The van der Waals surface area contributed by atoms with Gasteiger partial charge in [-0.15, -0.1) is 0 Å². The van der Waals surface area contributed by atoms with Gasteiger partial charge in [-0.2, -0.15) is 5.26 Å². The molecule has 1 heterocycles. The fourth-order valence-corrected chi connectivity index (χ4v) is 2.35. The molecule has 0 aliphatic heterocycles. The summed E-state index contributed by atoms with van der Waals surface area (Å²) in [6, 6.07) is 13.1. The topological polar surface area (TPSA) is 95.5 Å². The van der Waals surface area contributed by atoms with Gasteiger partial charge >= 0.3 is 0 Å². The molecule has 0 radical (unpaired) electrons. The van der Waals surface area contributed by atoms with Crippen LogP contribution in [0.1, 0.15) is 5.56 Å². The summed E-state index contributed by atoms with van der Waals surface area (Å²) in [6.07, 6.45) is 4.87. The summed E-state index contributed by atoms with van der Waals surface area (Å²) in [4.78, 5) is 8.33. The number of aryl methyl sites for hydroxylation is 1. The number of aromatic nitrogens is 1. The van der Waals surface area contributed by atoms with E-state index >= 15 is 0 Å². The lowest BCUT2D eigenvalue weighted by Gasteiger charge is -2.11. The Morgan fingerprint density at radius 1 is 1.23 bits per heavy atom. The molecule has 2 aromatic carbocycles. The number of benzene rings is 2. The number of rotatable bonds is 4. The first-order chi connectivity index (χ1) is 12.7. The normalized spacial score (nSPS) is 10.9. The first-order valence-electron chi connectivity index (χ1n) is 7.84. The van der Waals surface area contributed by atoms with Gasteiger partial charge in [-0.05, 0) is 31.2 Å². The Bertz CT molecular complexity index is 941. The number of anilines is 1. The van der Waals surface area contributed by atoms with Gasteiger partial charge in [0.15, 0.2) is 18.3 Å². The first kappa shape index (κ1) is 17.0. The van der Waals surface area contributed by atoms with Crippen LogP contribution in [0.5, 0.6) is 5.75 Å². The number of nitrogens with zero attached hydrogens (tertiary/aromatic N) is 3. The number of ether oxygens (including phenoxy) is 1. The lowest BCUT2D eigenvalue weighted by molar-refractivity contribution is 0.415. The number of nitriles is 1. The highest BCUT2D eigenvalue weighted by atomic mass is 16.5. The van der Waals surface area contributed by atoms with Crippen molar-refractivity contribution in [1.29, 1.82) is 5.26 Å². The predicted molar refractivity (Wildman–Crippen MR) is 99.1 cm³/mol. The highest BCUT2D eigenvalue weighted by Crippen LogP contribution is 2.32. The van der Waals surface area contributed by atoms with Gasteiger partial charge in [-0.25, -0.2) is 9.98 Å². The van der Waals surface area contributed by atoms with Gasteiger partial charge in [0, 0.05) is 11.8 Å². The molecule has 130 valence electrons. The quantitative estimate of drug-likeness (QED) is 0.322. The van der Waals surface area contributed by atoms with Crippen LogP contribution in [0.3, 0.4) is 0 Å². The predicted octanol–water partition coefficient (Wildman–Crippen LogP) is 3.83. The molecular weight excluding hydrogens is 330 g/mol. The van der Waals surface area contributed by atoms with E-state index in [2.05, 4.69) is 20.6 Å². The fraction of sp³-hybridized carbons (Fsp3) is 0.105. The molecule has 0 aliphatic rings. The van der Waals surface area contributed by atoms with E-state index in [0.717, 1.165) is 16.8 Å². The minimum atomic E-state index is 0.311. The van der Waals surface area contributed by atoms with E-state index in [0.29, 0.717) is 23.2 Å². The average Bonchev–Trinajstić information content (AvgIpc) is 3.18. The fourth-order valence-electron chi connectivity index (χ4n) is 2.35. The molecule has 0 spiro atoms. The summed E-state index contributed by atoms with van der Waals surface area (Å²) in [6.45, 7) is 2.00. The van der Waals surface area contributed by atoms with Crippen LogP contribution in [0, 0.1) is 18.4 Å². The van der Waals surface area contributed by atoms with Crippen molar-refractivity contribution < 1.29 is 9.15 Å².